The van der Waals surface area contributed by atoms with Gasteiger partial charge < -0.3 is 15.6 Å². The van der Waals surface area contributed by atoms with Crippen LogP contribution in [-0.4, -0.2) is 36.3 Å². The lowest BCUT2D eigenvalue weighted by Crippen LogP contribution is -2.29. The quantitative estimate of drug-likeness (QED) is 0.471. The maximum atomic E-state index is 13.0. The second kappa shape index (κ2) is 11.1. The molecule has 0 aromatic heterocycles. The SMILES string of the molecule is COc1ccc(C[C@H](CC(=O)Cc2ccc(F)cc2)C(N)=NC(=O)CCO)cc1. The number of ketones is 1. The Bertz CT molecular complexity index is 848. The summed E-state index contributed by atoms with van der Waals surface area (Å²) in [5, 5.41) is 8.88. The van der Waals surface area contributed by atoms with E-state index < -0.39 is 11.8 Å². The Morgan fingerprint density at radius 2 is 1.72 bits per heavy atom. The van der Waals surface area contributed by atoms with E-state index in [-0.39, 0.29) is 43.3 Å². The Hall–Kier alpha value is -3.06. The number of methoxy groups -OCH3 is 1. The second-order valence-corrected chi connectivity index (χ2v) is 6.70. The van der Waals surface area contributed by atoms with E-state index in [9.17, 15) is 14.0 Å². The van der Waals surface area contributed by atoms with Crippen LogP contribution in [0.3, 0.4) is 0 Å². The normalized spacial score (nSPS) is 12.4. The molecule has 0 aliphatic rings. The molecule has 2 aromatic rings. The van der Waals surface area contributed by atoms with E-state index in [2.05, 4.69) is 4.99 Å². The molecule has 0 unspecified atom stereocenters. The molecule has 1 amide bonds. The number of carbonyl (C=O) groups excluding carboxylic acids is 2. The largest absolute Gasteiger partial charge is 0.497 e. The lowest BCUT2D eigenvalue weighted by molar-refractivity contribution is -0.120. The van der Waals surface area contributed by atoms with Crippen LogP contribution >= 0.6 is 0 Å². The summed E-state index contributed by atoms with van der Waals surface area (Å²) in [6.45, 7) is -0.317. The molecule has 2 rings (SSSR count). The predicted molar refractivity (Wildman–Crippen MR) is 108 cm³/mol. The van der Waals surface area contributed by atoms with Gasteiger partial charge in [0.1, 0.15) is 23.2 Å². The van der Waals surface area contributed by atoms with Gasteiger partial charge in [-0.2, -0.15) is 0 Å². The maximum absolute atomic E-state index is 13.0. The van der Waals surface area contributed by atoms with Crippen LogP contribution in [-0.2, 0) is 22.4 Å². The van der Waals surface area contributed by atoms with Crippen molar-refractivity contribution in [1.82, 2.24) is 0 Å². The molecule has 1 atom stereocenters. The van der Waals surface area contributed by atoms with Crippen LogP contribution in [0.25, 0.3) is 0 Å². The van der Waals surface area contributed by atoms with Gasteiger partial charge in [-0.05, 0) is 41.8 Å². The van der Waals surface area contributed by atoms with Gasteiger partial charge in [0.05, 0.1) is 20.1 Å². The monoisotopic (exact) mass is 400 g/mol. The van der Waals surface area contributed by atoms with Gasteiger partial charge in [-0.1, -0.05) is 24.3 Å². The fourth-order valence-electron chi connectivity index (χ4n) is 2.89. The molecule has 3 N–H and O–H groups in total. The first-order chi connectivity index (χ1) is 13.9. The van der Waals surface area contributed by atoms with Crippen LogP contribution < -0.4 is 10.5 Å². The third-order valence-corrected chi connectivity index (χ3v) is 4.43. The van der Waals surface area contributed by atoms with Crippen LogP contribution in [0.15, 0.2) is 53.5 Å². The summed E-state index contributed by atoms with van der Waals surface area (Å²) in [6.07, 6.45) is 0.517. The molecule has 0 radical (unpaired) electrons. The van der Waals surface area contributed by atoms with E-state index in [1.807, 2.05) is 12.1 Å². The average molecular weight is 400 g/mol. The standard InChI is InChI=1S/C22H25FN2O4/c1-29-20-8-4-15(5-9-20)12-17(22(24)25-21(28)10-11-26)14-19(27)13-16-2-6-18(23)7-3-16/h2-9,17,26H,10-14H2,1H3,(H2,24,25,28)/t17-/m1/s1. The molecule has 0 bridgehead atoms. The van der Waals surface area contributed by atoms with Crippen LogP contribution in [0, 0.1) is 11.7 Å². The third-order valence-electron chi connectivity index (χ3n) is 4.43. The van der Waals surface area contributed by atoms with E-state index in [0.29, 0.717) is 17.7 Å². The number of amides is 1. The highest BCUT2D eigenvalue weighted by Gasteiger charge is 2.20. The van der Waals surface area contributed by atoms with Crippen molar-refractivity contribution in [2.45, 2.75) is 25.7 Å². The fourth-order valence-corrected chi connectivity index (χ4v) is 2.89. The number of hydrogen-bond donors (Lipinski definition) is 2. The first-order valence-electron chi connectivity index (χ1n) is 9.28. The zero-order chi connectivity index (χ0) is 21.2. The highest BCUT2D eigenvalue weighted by molar-refractivity contribution is 5.97. The molecule has 154 valence electrons. The van der Waals surface area contributed by atoms with E-state index in [4.69, 9.17) is 15.6 Å². The number of aliphatic hydroxyl groups excluding tert-OH is 1. The number of carbonyl (C=O) groups is 2. The number of aliphatic imine (C=N–C) groups is 1. The van der Waals surface area contributed by atoms with Crippen molar-refractivity contribution in [3.05, 3.63) is 65.5 Å². The lowest BCUT2D eigenvalue weighted by atomic mass is 9.91. The molecule has 0 aliphatic carbocycles. The van der Waals surface area contributed by atoms with Gasteiger partial charge >= 0.3 is 0 Å². The van der Waals surface area contributed by atoms with Gasteiger partial charge in [0.2, 0.25) is 5.91 Å². The Morgan fingerprint density at radius 3 is 2.31 bits per heavy atom. The average Bonchev–Trinajstić information content (AvgIpc) is 2.70. The first-order valence-corrected chi connectivity index (χ1v) is 9.28. The van der Waals surface area contributed by atoms with E-state index in [1.54, 1.807) is 31.4 Å². The summed E-state index contributed by atoms with van der Waals surface area (Å²) < 4.78 is 18.2. The predicted octanol–water partition coefficient (Wildman–Crippen LogP) is 2.46. The molecular weight excluding hydrogens is 375 g/mol. The molecular formula is C22H25FN2O4. The third kappa shape index (κ3) is 7.46. The van der Waals surface area contributed by atoms with E-state index >= 15 is 0 Å². The highest BCUT2D eigenvalue weighted by atomic mass is 19.1. The summed E-state index contributed by atoms with van der Waals surface area (Å²) in [5.41, 5.74) is 7.65. The Morgan fingerprint density at radius 1 is 1.10 bits per heavy atom. The zero-order valence-corrected chi connectivity index (χ0v) is 16.3. The van der Waals surface area contributed by atoms with Crippen LogP contribution in [0.1, 0.15) is 24.0 Å². The van der Waals surface area contributed by atoms with Crippen molar-refractivity contribution >= 4 is 17.5 Å². The molecule has 2 aromatic carbocycles. The minimum Gasteiger partial charge on any atom is -0.497 e. The van der Waals surface area contributed by atoms with Crippen molar-refractivity contribution in [2.75, 3.05) is 13.7 Å². The molecule has 7 heteroatoms. The van der Waals surface area contributed by atoms with Gasteiger partial charge in [-0.15, -0.1) is 0 Å². The number of amidine groups is 1. The van der Waals surface area contributed by atoms with Crippen LogP contribution in [0.5, 0.6) is 5.75 Å². The maximum Gasteiger partial charge on any atom is 0.249 e. The molecule has 0 aliphatic heterocycles. The number of hydrogen-bond acceptors (Lipinski definition) is 4. The van der Waals surface area contributed by atoms with Gasteiger partial charge in [-0.3, -0.25) is 9.59 Å². The Labute approximate surface area is 169 Å². The summed E-state index contributed by atoms with van der Waals surface area (Å²) in [6, 6.07) is 13.1. The summed E-state index contributed by atoms with van der Waals surface area (Å²) in [5.74, 6) is -0.695. The number of ether oxygens (including phenoxy) is 1. The van der Waals surface area contributed by atoms with Crippen molar-refractivity contribution in [3.8, 4) is 5.75 Å². The minimum absolute atomic E-state index is 0.0618. The summed E-state index contributed by atoms with van der Waals surface area (Å²) in [7, 11) is 1.57. The summed E-state index contributed by atoms with van der Waals surface area (Å²) in [4.78, 5) is 28.1. The van der Waals surface area contributed by atoms with Crippen LogP contribution in [0.2, 0.25) is 0 Å². The molecule has 0 heterocycles. The fraction of sp³-hybridized carbons (Fsp3) is 0.318. The molecule has 0 saturated carbocycles. The number of halogens is 1. The molecule has 29 heavy (non-hydrogen) atoms. The molecule has 0 saturated heterocycles. The molecule has 0 spiro atoms. The Balaban J connectivity index is 2.14. The first kappa shape index (κ1) is 22.2. The number of benzene rings is 2. The van der Waals surface area contributed by atoms with Crippen molar-refractivity contribution in [1.29, 1.82) is 0 Å². The van der Waals surface area contributed by atoms with E-state index in [0.717, 1.165) is 5.56 Å². The minimum atomic E-state index is -0.532. The lowest BCUT2D eigenvalue weighted by Gasteiger charge is -2.16. The van der Waals surface area contributed by atoms with E-state index in [1.165, 1.54) is 12.1 Å². The molecule has 6 nitrogen and oxygen atoms in total. The number of aliphatic hydroxyl groups is 1. The smallest absolute Gasteiger partial charge is 0.249 e. The number of nitrogens with zero attached hydrogens (tertiary/aromatic N) is 1. The van der Waals surface area contributed by atoms with Crippen LogP contribution in [0.4, 0.5) is 4.39 Å². The molecule has 0 fully saturated rings. The van der Waals surface area contributed by atoms with Crippen molar-refractivity contribution < 1.29 is 23.8 Å². The zero-order valence-electron chi connectivity index (χ0n) is 16.3. The van der Waals surface area contributed by atoms with Crippen molar-refractivity contribution in [2.24, 2.45) is 16.6 Å². The van der Waals surface area contributed by atoms with Gasteiger partial charge in [0.25, 0.3) is 0 Å². The summed E-state index contributed by atoms with van der Waals surface area (Å²) >= 11 is 0. The topological polar surface area (TPSA) is 102 Å². The van der Waals surface area contributed by atoms with Crippen molar-refractivity contribution in [3.63, 3.8) is 0 Å². The van der Waals surface area contributed by atoms with Gasteiger partial charge in [0.15, 0.2) is 0 Å². The van der Waals surface area contributed by atoms with Gasteiger partial charge in [-0.25, -0.2) is 9.38 Å². The number of rotatable bonds is 10. The second-order valence-electron chi connectivity index (χ2n) is 6.70. The Kier molecular flexibility index (Phi) is 8.48. The number of Topliss-reactive ketones (excluding diaryl/α,β-unsaturated/α-hetero) is 1. The number of nitrogens with two attached hydrogens (primary N) is 1. The highest BCUT2D eigenvalue weighted by Crippen LogP contribution is 2.18. The van der Waals surface area contributed by atoms with Gasteiger partial charge in [0, 0.05) is 18.8 Å².